The van der Waals surface area contributed by atoms with Crippen LogP contribution in [0.5, 0.6) is 34.5 Å². The molecule has 0 aromatic heterocycles. The van der Waals surface area contributed by atoms with Crippen molar-refractivity contribution in [3.8, 4) is 46.6 Å². The predicted octanol–water partition coefficient (Wildman–Crippen LogP) is 21.9. The molecule has 19 heteroatoms. The van der Waals surface area contributed by atoms with E-state index < -0.39 is 0 Å². The molecule has 0 bridgehead atoms. The summed E-state index contributed by atoms with van der Waals surface area (Å²) in [5.41, 5.74) is 3.98. The summed E-state index contributed by atoms with van der Waals surface area (Å²) in [5, 5.41) is 20.2. The summed E-state index contributed by atoms with van der Waals surface area (Å²) in [6.45, 7) is 15.5. The van der Waals surface area contributed by atoms with Gasteiger partial charge in [0.25, 0.3) is 0 Å². The number of benzene rings is 6. The van der Waals surface area contributed by atoms with Crippen LogP contribution in [0.1, 0.15) is 96.3 Å². The minimum absolute atomic E-state index is 0. The van der Waals surface area contributed by atoms with Gasteiger partial charge in [0.1, 0.15) is 39.0 Å². The summed E-state index contributed by atoms with van der Waals surface area (Å²) in [6.07, 6.45) is 16.8. The molecule has 9 rings (SSSR count). The minimum atomic E-state index is -0.178. The Morgan fingerprint density at radius 2 is 0.795 bits per heavy atom. The van der Waals surface area contributed by atoms with E-state index in [0.29, 0.717) is 40.0 Å². The van der Waals surface area contributed by atoms with Gasteiger partial charge in [-0.05, 0) is 146 Å². The summed E-state index contributed by atoms with van der Waals surface area (Å²) in [4.78, 5) is 0. The smallest absolute Gasteiger partial charge is 0.127 e. The molecule has 6 aromatic carbocycles. The first-order valence-corrected chi connectivity index (χ1v) is 29.7. The van der Waals surface area contributed by atoms with Crippen LogP contribution >= 0.6 is 66.7 Å². The molecule has 0 heterocycles. The third kappa shape index (κ3) is 31.3. The molecule has 3 saturated carbocycles. The fourth-order valence-corrected chi connectivity index (χ4v) is 11.7. The maximum Gasteiger partial charge on any atom is 0.127 e. The standard InChI is InChI=1S/C24H25ClNO.C23H22Br2NO.C22H23Cl2O.9Y/c1-17(25)14-23-22(24(23,2)3)13-12-19(16-26)18-8-7-11-21(15-18)27-20-9-5-4-6-10-20;1-23(2)20(21(23)14-22(24)25)12-11-17(15-26)16-7-6-10-19(13-16)27-18-8-4-3-5-9-18;1-22(2)19(20(22)15-21(23)24)13-7-9-16-8-6-12-18(14-16)25-17-10-4-3-5-11-17;;;;;;;;;/h4-11,13-15,19,22-23H,12H2,1-3H3;3-10,12-14,17,20-21H,11H2,1-2H3;3-6,8,10-15,19-20H,7,9H2,1-2H3;;;;;;;;;/q3*-1;;;;;;;;;/b17-14-;;;;;;;;;;;. The van der Waals surface area contributed by atoms with Crippen LogP contribution in [0, 0.1) is 93.7 Å². The number of rotatable bonds is 21. The first kappa shape index (κ1) is 96.9. The van der Waals surface area contributed by atoms with Gasteiger partial charge in [-0.15, -0.1) is 0 Å². The SMILES string of the molecule is C/C(Cl)=C/C1C([CH-]CC(C#N)c2cccc(Oc3ccccc3)c2)C1(C)C.CC1(C)C(C=C(Br)Br)C1[CH-]CC(C#N)c1cccc(Oc2ccccc2)c1.CC1(C)C(C=C(Cl)Cl)C1[CH-]CCc1cccc(Oc2ccccc2)c1.[Y].[Y].[Y].[Y].[Y].[Y].[Y].[Y].[Y]. The predicted molar refractivity (Wildman–Crippen MR) is 334 cm³/mol. The molecular formula is C69H70Br2Cl3N2O3Y9-3. The third-order valence-corrected chi connectivity index (χ3v) is 16.7. The van der Waals surface area contributed by atoms with E-state index in [1.807, 2.05) is 165 Å². The molecule has 9 radical (unpaired) electrons. The van der Waals surface area contributed by atoms with Crippen molar-refractivity contribution in [2.24, 2.45) is 51.8 Å². The number of hydrogen-bond donors (Lipinski definition) is 0. The molecule has 0 amide bonds. The molecular weight excluding hydrogens is 1970 g/mol. The van der Waals surface area contributed by atoms with Crippen LogP contribution in [0.25, 0.3) is 0 Å². The van der Waals surface area contributed by atoms with Gasteiger partial charge in [-0.3, -0.25) is 0 Å². The van der Waals surface area contributed by atoms with E-state index in [1.54, 1.807) is 0 Å². The molecule has 88 heavy (non-hydrogen) atoms. The maximum absolute atomic E-state index is 9.70. The van der Waals surface area contributed by atoms with Crippen molar-refractivity contribution in [2.75, 3.05) is 0 Å². The number of hydrogen-bond acceptors (Lipinski definition) is 5. The molecule has 3 aliphatic rings. The molecule has 8 unspecified atom stereocenters. The minimum Gasteiger partial charge on any atom is -0.457 e. The van der Waals surface area contributed by atoms with E-state index in [9.17, 15) is 10.5 Å². The Kier molecular flexibility index (Phi) is 53.4. The number of allylic oxidation sites excluding steroid dienone is 4. The molecule has 8 atom stereocenters. The van der Waals surface area contributed by atoms with E-state index in [2.05, 4.69) is 129 Å². The monoisotopic (exact) mass is 2040 g/mol. The summed E-state index contributed by atoms with van der Waals surface area (Å²) in [5.74, 6) is 7.40. The summed E-state index contributed by atoms with van der Waals surface area (Å²) in [6, 6.07) is 58.1. The van der Waals surface area contributed by atoms with Gasteiger partial charge in [0.2, 0.25) is 0 Å². The molecule has 0 spiro atoms. The van der Waals surface area contributed by atoms with Crippen molar-refractivity contribution in [3.05, 3.63) is 231 Å². The van der Waals surface area contributed by atoms with Gasteiger partial charge >= 0.3 is 0 Å². The zero-order valence-corrected chi connectivity index (χ0v) is 82.2. The van der Waals surface area contributed by atoms with E-state index in [4.69, 9.17) is 49.0 Å². The Bertz CT molecular complexity index is 3000. The van der Waals surface area contributed by atoms with Crippen molar-refractivity contribution in [1.82, 2.24) is 0 Å². The van der Waals surface area contributed by atoms with Crippen molar-refractivity contribution in [3.63, 3.8) is 0 Å². The first-order chi connectivity index (χ1) is 37.8. The number of ether oxygens (including phenoxy) is 3. The van der Waals surface area contributed by atoms with Gasteiger partial charge in [-0.2, -0.15) is 47.5 Å². The number of aryl methyl sites for hydroxylation is 1. The Balaban J connectivity index is -0.00000117. The Labute approximate surface area is 785 Å². The van der Waals surface area contributed by atoms with Crippen molar-refractivity contribution in [1.29, 1.82) is 10.5 Å². The summed E-state index contributed by atoms with van der Waals surface area (Å²) < 4.78 is 19.1. The van der Waals surface area contributed by atoms with Crippen LogP contribution < -0.4 is 14.2 Å². The number of nitriles is 2. The van der Waals surface area contributed by atoms with E-state index in [1.165, 1.54) is 5.56 Å². The number of para-hydroxylation sites is 3. The fourth-order valence-electron chi connectivity index (χ4n) is 10.7. The van der Waals surface area contributed by atoms with Gasteiger partial charge in [-0.25, -0.2) is 0 Å². The van der Waals surface area contributed by atoms with Gasteiger partial charge in [-0.1, -0.05) is 208 Å². The Morgan fingerprint density at radius 1 is 0.466 bits per heavy atom. The molecule has 0 saturated heterocycles. The Morgan fingerprint density at radius 3 is 1.15 bits per heavy atom. The van der Waals surface area contributed by atoms with Crippen LogP contribution in [0.4, 0.5) is 0 Å². The van der Waals surface area contributed by atoms with E-state index in [-0.39, 0.29) is 322 Å². The average molecular weight is 2040 g/mol. The maximum atomic E-state index is 9.70. The Hall–Kier alpha value is 4.69. The normalized spacial score (nSPS) is 19.1. The molecule has 439 valence electrons. The second-order valence-electron chi connectivity index (χ2n) is 22.4. The van der Waals surface area contributed by atoms with Gasteiger partial charge < -0.3 is 33.5 Å². The van der Waals surface area contributed by atoms with Crippen molar-refractivity contribution in [2.45, 2.75) is 86.0 Å². The number of halogens is 5. The van der Waals surface area contributed by atoms with Crippen LogP contribution in [0.3, 0.4) is 0 Å². The van der Waals surface area contributed by atoms with Gasteiger partial charge in [0.05, 0.1) is 15.5 Å². The molecule has 6 aromatic rings. The first-order valence-electron chi connectivity index (χ1n) is 27.0. The summed E-state index contributed by atoms with van der Waals surface area (Å²) >= 11 is 24.6. The van der Waals surface area contributed by atoms with E-state index >= 15 is 0 Å². The zero-order valence-electron chi connectivity index (χ0n) is 51.2. The molecule has 3 fully saturated rings. The quantitative estimate of drug-likeness (QED) is 0.0671. The van der Waals surface area contributed by atoms with Gasteiger partial charge in [0, 0.05) is 311 Å². The second kappa shape index (κ2) is 48.5. The second-order valence-corrected chi connectivity index (χ2v) is 26.8. The third-order valence-electron chi connectivity index (χ3n) is 15.8. The molecule has 0 aliphatic heterocycles. The van der Waals surface area contributed by atoms with Gasteiger partial charge in [0.15, 0.2) is 0 Å². The zero-order chi connectivity index (χ0) is 56.7. The molecule has 5 nitrogen and oxygen atoms in total. The average Bonchev–Trinajstić information content (AvgIpc) is 1.65. The largest absolute Gasteiger partial charge is 0.457 e. The van der Waals surface area contributed by atoms with Crippen LogP contribution in [0.15, 0.2) is 195 Å². The molecule has 0 N–H and O–H groups in total. The van der Waals surface area contributed by atoms with Crippen LogP contribution in [-0.2, 0) is 301 Å². The van der Waals surface area contributed by atoms with Crippen molar-refractivity contribution >= 4 is 66.7 Å². The topological polar surface area (TPSA) is 75.3 Å². The van der Waals surface area contributed by atoms with E-state index in [0.717, 1.165) is 79.7 Å². The van der Waals surface area contributed by atoms with Crippen LogP contribution in [-0.4, -0.2) is 0 Å². The number of nitrogens with zero attached hydrogens (tertiary/aromatic N) is 2. The summed E-state index contributed by atoms with van der Waals surface area (Å²) in [7, 11) is 0. The van der Waals surface area contributed by atoms with Crippen molar-refractivity contribution < 1.29 is 309 Å². The van der Waals surface area contributed by atoms with Crippen LogP contribution in [0.2, 0.25) is 0 Å². The molecule has 3 aliphatic carbocycles. The fraction of sp³-hybridized carbons (Fsp3) is 0.319.